The van der Waals surface area contributed by atoms with Crippen LogP contribution in [0.1, 0.15) is 29.3 Å². The van der Waals surface area contributed by atoms with Gasteiger partial charge in [0, 0.05) is 6.04 Å². The summed E-state index contributed by atoms with van der Waals surface area (Å²) >= 11 is 0. The van der Waals surface area contributed by atoms with E-state index < -0.39 is 5.97 Å². The van der Waals surface area contributed by atoms with Crippen LogP contribution in [0.2, 0.25) is 0 Å². The van der Waals surface area contributed by atoms with Gasteiger partial charge in [-0.15, -0.1) is 5.10 Å². The van der Waals surface area contributed by atoms with Crippen LogP contribution in [0.4, 0.5) is 0 Å². The second kappa shape index (κ2) is 8.98. The van der Waals surface area contributed by atoms with E-state index >= 15 is 0 Å². The zero-order chi connectivity index (χ0) is 19.9. The van der Waals surface area contributed by atoms with Gasteiger partial charge in [0.05, 0.1) is 12.7 Å². The van der Waals surface area contributed by atoms with Crippen molar-refractivity contribution in [3.63, 3.8) is 0 Å². The number of aromatic nitrogens is 3. The molecule has 1 heterocycles. The number of aryl methyl sites for hydroxylation is 1. The molecule has 0 aliphatic heterocycles. The lowest BCUT2D eigenvalue weighted by molar-refractivity contribution is -0.126. The topological polar surface area (TPSA) is 95.3 Å². The van der Waals surface area contributed by atoms with Crippen molar-refractivity contribution in [3.05, 3.63) is 59.7 Å². The summed E-state index contributed by atoms with van der Waals surface area (Å²) in [7, 11) is 1.31. The Balaban J connectivity index is 1.53. The highest BCUT2D eigenvalue weighted by Gasteiger charge is 2.13. The molecule has 0 saturated carbocycles. The average molecular weight is 382 g/mol. The second-order valence-corrected chi connectivity index (χ2v) is 6.42. The highest BCUT2D eigenvalue weighted by molar-refractivity contribution is 5.93. The van der Waals surface area contributed by atoms with Gasteiger partial charge in [-0.1, -0.05) is 35.2 Å². The van der Waals surface area contributed by atoms with Crippen molar-refractivity contribution in [2.75, 3.05) is 13.7 Å². The Morgan fingerprint density at radius 2 is 1.96 bits per heavy atom. The molecule has 0 aliphatic carbocycles. The fraction of sp³-hybridized carbons (Fsp3) is 0.300. The first-order chi connectivity index (χ1) is 13.6. The molecule has 1 atom stereocenters. The summed E-state index contributed by atoms with van der Waals surface area (Å²) in [6.45, 7) is 1.74. The van der Waals surface area contributed by atoms with E-state index in [1.165, 1.54) is 12.7 Å². The van der Waals surface area contributed by atoms with Crippen LogP contribution in [0.25, 0.3) is 11.0 Å². The fourth-order valence-corrected chi connectivity index (χ4v) is 2.77. The summed E-state index contributed by atoms with van der Waals surface area (Å²) in [5, 5.41) is 10.7. The number of hydrogen-bond acceptors (Lipinski definition) is 6. The highest BCUT2D eigenvalue weighted by atomic mass is 16.7. The molecule has 1 aromatic heterocycles. The van der Waals surface area contributed by atoms with Crippen molar-refractivity contribution in [2.45, 2.75) is 25.8 Å². The molecule has 0 radical (unpaired) electrons. The maximum atomic E-state index is 12.1. The third-order valence-corrected chi connectivity index (χ3v) is 4.27. The number of benzene rings is 2. The SMILES string of the molecule is COC(=O)c1ccc2nnn(OCC(=O)N[C@H](C)CCc3ccccc3)c2c1. The molecular weight excluding hydrogens is 360 g/mol. The van der Waals surface area contributed by atoms with E-state index in [1.54, 1.807) is 18.2 Å². The number of hydrogen-bond donors (Lipinski definition) is 1. The Hall–Kier alpha value is -3.42. The average Bonchev–Trinajstić information content (AvgIpc) is 3.13. The van der Waals surface area contributed by atoms with Gasteiger partial charge in [0.1, 0.15) is 11.0 Å². The zero-order valence-corrected chi connectivity index (χ0v) is 15.8. The van der Waals surface area contributed by atoms with Gasteiger partial charge in [0.25, 0.3) is 5.91 Å². The maximum absolute atomic E-state index is 12.1. The molecule has 3 aromatic rings. The van der Waals surface area contributed by atoms with Crippen LogP contribution in [0.3, 0.4) is 0 Å². The molecular formula is C20H22N4O4. The van der Waals surface area contributed by atoms with E-state index in [-0.39, 0.29) is 18.6 Å². The summed E-state index contributed by atoms with van der Waals surface area (Å²) < 4.78 is 4.70. The Morgan fingerprint density at radius 3 is 2.71 bits per heavy atom. The van der Waals surface area contributed by atoms with E-state index in [0.717, 1.165) is 17.7 Å². The van der Waals surface area contributed by atoms with E-state index in [0.29, 0.717) is 16.6 Å². The van der Waals surface area contributed by atoms with Crippen molar-refractivity contribution in [2.24, 2.45) is 0 Å². The number of carbonyl (C=O) groups excluding carboxylic acids is 2. The van der Waals surface area contributed by atoms with Crippen LogP contribution < -0.4 is 10.2 Å². The number of fused-ring (bicyclic) bond motifs is 1. The quantitative estimate of drug-likeness (QED) is 0.597. The summed E-state index contributed by atoms with van der Waals surface area (Å²) in [5.74, 6) is -0.729. The number of nitrogens with one attached hydrogen (secondary N) is 1. The minimum atomic E-state index is -0.473. The molecule has 0 spiro atoms. The van der Waals surface area contributed by atoms with Crippen molar-refractivity contribution in [3.8, 4) is 0 Å². The number of carbonyl (C=O) groups is 2. The first-order valence-electron chi connectivity index (χ1n) is 8.97. The predicted octanol–water partition coefficient (Wildman–Crippen LogP) is 1.78. The van der Waals surface area contributed by atoms with Crippen molar-refractivity contribution in [1.82, 2.24) is 20.5 Å². The van der Waals surface area contributed by atoms with E-state index in [4.69, 9.17) is 9.57 Å². The van der Waals surface area contributed by atoms with Gasteiger partial charge in [-0.2, -0.15) is 0 Å². The molecule has 146 valence electrons. The van der Waals surface area contributed by atoms with E-state index in [9.17, 15) is 9.59 Å². The summed E-state index contributed by atoms with van der Waals surface area (Å²) in [4.78, 5) is 30.4. The van der Waals surface area contributed by atoms with Crippen molar-refractivity contribution in [1.29, 1.82) is 0 Å². The lowest BCUT2D eigenvalue weighted by Gasteiger charge is -2.14. The standard InChI is InChI=1S/C20H22N4O4/c1-14(8-9-15-6-4-3-5-7-15)21-19(25)13-28-24-18-12-16(20(26)27-2)10-11-17(18)22-23-24/h3-7,10-12,14H,8-9,13H2,1-2H3,(H,21,25)/t14-/m1/s1. The molecule has 2 aromatic carbocycles. The lowest BCUT2D eigenvalue weighted by Crippen LogP contribution is -2.38. The molecule has 0 fully saturated rings. The van der Waals surface area contributed by atoms with Gasteiger partial charge in [-0.25, -0.2) is 4.79 Å². The van der Waals surface area contributed by atoms with Crippen molar-refractivity contribution >= 4 is 22.9 Å². The Labute approximate surface area is 162 Å². The number of esters is 1. The normalized spacial score (nSPS) is 11.8. The Kier molecular flexibility index (Phi) is 6.21. The third-order valence-electron chi connectivity index (χ3n) is 4.27. The molecule has 8 heteroatoms. The largest absolute Gasteiger partial charge is 0.465 e. The Bertz CT molecular complexity index is 955. The highest BCUT2D eigenvalue weighted by Crippen LogP contribution is 2.13. The number of ether oxygens (including phenoxy) is 1. The van der Waals surface area contributed by atoms with E-state index in [2.05, 4.69) is 27.8 Å². The van der Waals surface area contributed by atoms with Crippen molar-refractivity contribution < 1.29 is 19.2 Å². The number of methoxy groups -OCH3 is 1. The minimum absolute atomic E-state index is 0.00900. The number of amides is 1. The minimum Gasteiger partial charge on any atom is -0.465 e. The molecule has 1 amide bonds. The van der Waals surface area contributed by atoms with Crippen LogP contribution in [-0.4, -0.2) is 46.8 Å². The van der Waals surface area contributed by atoms with Gasteiger partial charge in [0.2, 0.25) is 0 Å². The van der Waals surface area contributed by atoms with Gasteiger partial charge in [-0.3, -0.25) is 4.79 Å². The summed E-state index contributed by atoms with van der Waals surface area (Å²) in [6.07, 6.45) is 1.71. The lowest BCUT2D eigenvalue weighted by atomic mass is 10.1. The zero-order valence-electron chi connectivity index (χ0n) is 15.8. The fourth-order valence-electron chi connectivity index (χ4n) is 2.77. The van der Waals surface area contributed by atoms with Crippen LogP contribution in [-0.2, 0) is 16.0 Å². The van der Waals surface area contributed by atoms with Crippen LogP contribution in [0.5, 0.6) is 0 Å². The molecule has 0 unspecified atom stereocenters. The monoisotopic (exact) mass is 382 g/mol. The smallest absolute Gasteiger partial charge is 0.337 e. The number of nitrogens with zero attached hydrogens (tertiary/aromatic N) is 3. The molecule has 0 bridgehead atoms. The maximum Gasteiger partial charge on any atom is 0.337 e. The van der Waals surface area contributed by atoms with Gasteiger partial charge < -0.3 is 14.9 Å². The predicted molar refractivity (Wildman–Crippen MR) is 103 cm³/mol. The van der Waals surface area contributed by atoms with Gasteiger partial charge in [-0.05, 0) is 48.7 Å². The molecule has 3 rings (SSSR count). The van der Waals surface area contributed by atoms with Gasteiger partial charge >= 0.3 is 5.97 Å². The van der Waals surface area contributed by atoms with Crippen LogP contribution in [0, 0.1) is 0 Å². The molecule has 1 N–H and O–H groups in total. The Morgan fingerprint density at radius 1 is 1.18 bits per heavy atom. The molecule has 8 nitrogen and oxygen atoms in total. The molecule has 28 heavy (non-hydrogen) atoms. The van der Waals surface area contributed by atoms with Gasteiger partial charge in [0.15, 0.2) is 6.61 Å². The first kappa shape index (κ1) is 19.3. The molecule has 0 aliphatic rings. The first-order valence-corrected chi connectivity index (χ1v) is 8.97. The summed E-state index contributed by atoms with van der Waals surface area (Å²) in [5.41, 5.74) is 2.61. The number of rotatable bonds is 8. The molecule has 0 saturated heterocycles. The van der Waals surface area contributed by atoms with Crippen LogP contribution in [0.15, 0.2) is 48.5 Å². The second-order valence-electron chi connectivity index (χ2n) is 6.42. The summed E-state index contributed by atoms with van der Waals surface area (Å²) in [6, 6.07) is 14.9. The van der Waals surface area contributed by atoms with Crippen LogP contribution >= 0.6 is 0 Å². The van der Waals surface area contributed by atoms with E-state index in [1.807, 2.05) is 25.1 Å². The third kappa shape index (κ3) is 4.85.